The van der Waals surface area contributed by atoms with Gasteiger partial charge in [0, 0.05) is 30.3 Å². The number of nitrogens with zero attached hydrogens (tertiary/aromatic N) is 1. The van der Waals surface area contributed by atoms with E-state index in [0.29, 0.717) is 25.7 Å². The standard InChI is InChI=1S/C36H42F3NO4S/c1-24-13-15-28(16-14-24)45(41,42)44-18-10-6-5-9-17-43-27-21-32(37)34(33(38)22-27)35-31-20-26-11-7-8-12-29(26)30(31)19-25(2)40(35)23-36(3,4)39/h7-8,11-16,21-22,25,35H,5-6,9-10,17-20,23H2,1-4H3/t25-,35+/m1/s1. The van der Waals surface area contributed by atoms with Crippen LogP contribution in [0.1, 0.15) is 81.2 Å². The molecule has 3 aromatic carbocycles. The van der Waals surface area contributed by atoms with E-state index in [9.17, 15) is 8.42 Å². The van der Waals surface area contributed by atoms with Gasteiger partial charge in [0.25, 0.3) is 10.1 Å². The first kappa shape index (κ1) is 33.2. The Balaban J connectivity index is 1.20. The molecule has 45 heavy (non-hydrogen) atoms. The molecule has 0 radical (unpaired) electrons. The molecular formula is C36H42F3NO4S. The van der Waals surface area contributed by atoms with Crippen LogP contribution in [-0.2, 0) is 20.7 Å². The van der Waals surface area contributed by atoms with E-state index in [2.05, 4.69) is 6.07 Å². The molecule has 0 saturated carbocycles. The highest BCUT2D eigenvalue weighted by molar-refractivity contribution is 7.86. The molecule has 1 aliphatic heterocycles. The largest absolute Gasteiger partial charge is 0.493 e. The molecule has 1 heterocycles. The lowest BCUT2D eigenvalue weighted by molar-refractivity contribution is 0.0676. The third-order valence-corrected chi connectivity index (χ3v) is 9.91. The van der Waals surface area contributed by atoms with Gasteiger partial charge >= 0.3 is 0 Å². The zero-order chi connectivity index (χ0) is 32.4. The lowest BCUT2D eigenvalue weighted by Crippen LogP contribution is -2.47. The lowest BCUT2D eigenvalue weighted by atomic mass is 9.84. The van der Waals surface area contributed by atoms with Crippen molar-refractivity contribution in [1.82, 2.24) is 4.90 Å². The van der Waals surface area contributed by atoms with Crippen LogP contribution in [0.3, 0.4) is 0 Å². The summed E-state index contributed by atoms with van der Waals surface area (Å²) < 4.78 is 82.1. The van der Waals surface area contributed by atoms with Crippen LogP contribution in [0, 0.1) is 18.6 Å². The Bertz CT molecular complexity index is 1620. The van der Waals surface area contributed by atoms with Crippen molar-refractivity contribution >= 4 is 15.7 Å². The predicted molar refractivity (Wildman–Crippen MR) is 170 cm³/mol. The molecule has 0 unspecified atom stereocenters. The summed E-state index contributed by atoms with van der Waals surface area (Å²) in [5, 5.41) is 0. The average Bonchev–Trinajstić information content (AvgIpc) is 3.33. The SMILES string of the molecule is Cc1ccc(S(=O)(=O)OCCCCCCOc2cc(F)c([C@@H]3C4=C(C[C@@H](C)N3CC(C)(C)F)c3ccccc3C4)c(F)c2)cc1. The second-order valence-corrected chi connectivity index (χ2v) is 14.5. The van der Waals surface area contributed by atoms with Crippen LogP contribution in [0.5, 0.6) is 5.75 Å². The van der Waals surface area contributed by atoms with Crippen molar-refractivity contribution in [3.63, 3.8) is 0 Å². The van der Waals surface area contributed by atoms with Gasteiger partial charge in [-0.3, -0.25) is 9.08 Å². The minimum absolute atomic E-state index is 0.0476. The van der Waals surface area contributed by atoms with E-state index in [-0.39, 0.29) is 42.0 Å². The fourth-order valence-corrected chi connectivity index (χ4v) is 7.38. The molecule has 3 aromatic rings. The Kier molecular flexibility index (Phi) is 10.1. The molecule has 5 nitrogen and oxygen atoms in total. The van der Waals surface area contributed by atoms with Crippen molar-refractivity contribution in [1.29, 1.82) is 0 Å². The first-order chi connectivity index (χ1) is 21.3. The summed E-state index contributed by atoms with van der Waals surface area (Å²) in [6.07, 6.45) is 3.90. The van der Waals surface area contributed by atoms with Gasteiger partial charge < -0.3 is 4.74 Å². The molecule has 0 fully saturated rings. The summed E-state index contributed by atoms with van der Waals surface area (Å²) in [6, 6.07) is 16.2. The first-order valence-corrected chi connectivity index (χ1v) is 17.1. The molecule has 9 heteroatoms. The normalized spacial score (nSPS) is 18.6. The topological polar surface area (TPSA) is 55.8 Å². The van der Waals surface area contributed by atoms with Crippen molar-refractivity contribution in [2.45, 2.75) is 88.9 Å². The van der Waals surface area contributed by atoms with Gasteiger partial charge in [-0.25, -0.2) is 13.2 Å². The van der Waals surface area contributed by atoms with Gasteiger partial charge in [-0.2, -0.15) is 8.42 Å². The number of halogens is 3. The third kappa shape index (κ3) is 7.81. The number of ether oxygens (including phenoxy) is 1. The van der Waals surface area contributed by atoms with Crippen LogP contribution < -0.4 is 4.74 Å². The van der Waals surface area contributed by atoms with E-state index in [1.165, 1.54) is 38.1 Å². The number of rotatable bonds is 13. The van der Waals surface area contributed by atoms with Gasteiger partial charge in [-0.1, -0.05) is 48.4 Å². The Hall–Kier alpha value is -3.14. The van der Waals surface area contributed by atoms with Gasteiger partial charge in [0.05, 0.1) is 24.2 Å². The second kappa shape index (κ2) is 13.7. The third-order valence-electron chi connectivity index (χ3n) is 8.58. The second-order valence-electron chi connectivity index (χ2n) is 12.8. The number of fused-ring (bicyclic) bond motifs is 2. The first-order valence-electron chi connectivity index (χ1n) is 15.7. The molecule has 0 spiro atoms. The quantitative estimate of drug-likeness (QED) is 0.138. The summed E-state index contributed by atoms with van der Waals surface area (Å²) in [5.41, 5.74) is 3.62. The van der Waals surface area contributed by atoms with E-state index in [0.717, 1.165) is 40.7 Å². The van der Waals surface area contributed by atoms with Crippen LogP contribution in [-0.4, -0.2) is 44.8 Å². The maximum atomic E-state index is 15.8. The van der Waals surface area contributed by atoms with Crippen LogP contribution in [0.2, 0.25) is 0 Å². The van der Waals surface area contributed by atoms with Gasteiger partial charge in [0.2, 0.25) is 0 Å². The van der Waals surface area contributed by atoms with Gasteiger partial charge in [-0.05, 0) is 94.2 Å². The number of hydrogen-bond acceptors (Lipinski definition) is 5. The van der Waals surface area contributed by atoms with Crippen LogP contribution in [0.15, 0.2) is 71.1 Å². The van der Waals surface area contributed by atoms with Gasteiger partial charge in [0.1, 0.15) is 23.1 Å². The number of aryl methyl sites for hydroxylation is 1. The molecule has 0 aromatic heterocycles. The van der Waals surface area contributed by atoms with E-state index in [1.807, 2.05) is 36.9 Å². The monoisotopic (exact) mass is 641 g/mol. The summed E-state index contributed by atoms with van der Waals surface area (Å²) in [7, 11) is -3.79. The highest BCUT2D eigenvalue weighted by Crippen LogP contribution is 2.50. The average molecular weight is 642 g/mol. The highest BCUT2D eigenvalue weighted by Gasteiger charge is 2.43. The molecule has 2 atom stereocenters. The molecule has 0 bridgehead atoms. The molecule has 242 valence electrons. The number of unbranched alkanes of at least 4 members (excludes halogenated alkanes) is 3. The maximum Gasteiger partial charge on any atom is 0.296 e. The molecule has 2 aliphatic rings. The van der Waals surface area contributed by atoms with E-state index >= 15 is 13.2 Å². The summed E-state index contributed by atoms with van der Waals surface area (Å²) in [5.74, 6) is -1.31. The fraction of sp³-hybridized carbons (Fsp3) is 0.444. The van der Waals surface area contributed by atoms with E-state index in [4.69, 9.17) is 8.92 Å². The van der Waals surface area contributed by atoms with Crippen molar-refractivity contribution in [2.75, 3.05) is 19.8 Å². The maximum absolute atomic E-state index is 15.8. The smallest absolute Gasteiger partial charge is 0.296 e. The Labute approximate surface area is 265 Å². The highest BCUT2D eigenvalue weighted by atomic mass is 32.2. The molecule has 1 aliphatic carbocycles. The minimum atomic E-state index is -3.79. The Morgan fingerprint density at radius 2 is 1.58 bits per heavy atom. The zero-order valence-electron chi connectivity index (χ0n) is 26.4. The summed E-state index contributed by atoms with van der Waals surface area (Å²) in [4.78, 5) is 2.04. The lowest BCUT2D eigenvalue weighted by Gasteiger charge is -2.44. The molecule has 0 N–H and O–H groups in total. The van der Waals surface area contributed by atoms with Gasteiger partial charge in [0.15, 0.2) is 0 Å². The summed E-state index contributed by atoms with van der Waals surface area (Å²) in [6.45, 7) is 7.25. The molecule has 0 amide bonds. The van der Waals surface area contributed by atoms with Crippen molar-refractivity contribution in [2.24, 2.45) is 0 Å². The van der Waals surface area contributed by atoms with E-state index in [1.54, 1.807) is 12.1 Å². The zero-order valence-corrected chi connectivity index (χ0v) is 27.2. The number of alkyl halides is 1. The molecule has 0 saturated heterocycles. The Morgan fingerprint density at radius 3 is 2.24 bits per heavy atom. The van der Waals surface area contributed by atoms with Crippen molar-refractivity contribution in [3.05, 3.63) is 100 Å². The number of hydrogen-bond donors (Lipinski definition) is 0. The van der Waals surface area contributed by atoms with E-state index < -0.39 is 33.5 Å². The Morgan fingerprint density at radius 1 is 0.933 bits per heavy atom. The molecule has 5 rings (SSSR count). The molecular weight excluding hydrogens is 599 g/mol. The fourth-order valence-electron chi connectivity index (χ4n) is 6.44. The van der Waals surface area contributed by atoms with Crippen molar-refractivity contribution < 1.29 is 30.5 Å². The predicted octanol–water partition coefficient (Wildman–Crippen LogP) is 8.51. The van der Waals surface area contributed by atoms with Gasteiger partial charge in [-0.15, -0.1) is 0 Å². The van der Waals surface area contributed by atoms with Crippen LogP contribution in [0.25, 0.3) is 5.57 Å². The van der Waals surface area contributed by atoms with Crippen LogP contribution in [0.4, 0.5) is 13.2 Å². The van der Waals surface area contributed by atoms with Crippen LogP contribution >= 0.6 is 0 Å². The number of benzene rings is 3. The summed E-state index contributed by atoms with van der Waals surface area (Å²) >= 11 is 0. The minimum Gasteiger partial charge on any atom is -0.493 e. The van der Waals surface area contributed by atoms with Crippen molar-refractivity contribution in [3.8, 4) is 5.75 Å².